The molecular weight excluding hydrogens is 334 g/mol. The molecule has 0 radical (unpaired) electrons. The molecule has 0 fully saturated rings. The minimum absolute atomic E-state index is 0.115. The second kappa shape index (κ2) is 7.69. The molecule has 7 nitrogen and oxygen atoms in total. The highest BCUT2D eigenvalue weighted by Gasteiger charge is 2.15. The van der Waals surface area contributed by atoms with Crippen LogP contribution in [0.3, 0.4) is 0 Å². The van der Waals surface area contributed by atoms with E-state index in [1.807, 2.05) is 0 Å². The molecule has 128 valence electrons. The Kier molecular flexibility index (Phi) is 5.64. The van der Waals surface area contributed by atoms with Crippen LogP contribution in [0.1, 0.15) is 24.9 Å². The van der Waals surface area contributed by atoms with E-state index in [4.69, 9.17) is 19.3 Å². The van der Waals surface area contributed by atoms with Gasteiger partial charge >= 0.3 is 5.97 Å². The molecule has 0 bridgehead atoms. The Bertz CT molecular complexity index is 755. The van der Waals surface area contributed by atoms with Crippen LogP contribution in [0.25, 0.3) is 0 Å². The third-order valence-electron chi connectivity index (χ3n) is 3.27. The summed E-state index contributed by atoms with van der Waals surface area (Å²) in [5, 5.41) is 11.6. The van der Waals surface area contributed by atoms with Crippen molar-refractivity contribution in [1.29, 1.82) is 0 Å². The lowest BCUT2D eigenvalue weighted by Crippen LogP contribution is -2.22. The molecule has 2 aromatic rings. The number of ether oxygens (including phenoxy) is 3. The molecule has 24 heavy (non-hydrogen) atoms. The van der Waals surface area contributed by atoms with Crippen molar-refractivity contribution < 1.29 is 28.9 Å². The highest BCUT2D eigenvalue weighted by Crippen LogP contribution is 2.34. The Morgan fingerprint density at radius 2 is 1.58 bits per heavy atom. The standard InChI is InChI=1S/C16H17NO6S/c1-21-10-7-12(23-3)11(22-2)6-9(10)8-17-15(18)13-4-5-14(24-13)16(19)20/h4-7H,8H2,1-3H3,(H,17,18)(H,19,20). The topological polar surface area (TPSA) is 94.1 Å². The van der Waals surface area contributed by atoms with E-state index in [0.29, 0.717) is 27.7 Å². The predicted molar refractivity (Wildman–Crippen MR) is 88.5 cm³/mol. The Morgan fingerprint density at radius 1 is 1.00 bits per heavy atom. The van der Waals surface area contributed by atoms with Crippen molar-refractivity contribution >= 4 is 23.2 Å². The molecule has 2 rings (SSSR count). The number of nitrogens with one attached hydrogen (secondary N) is 1. The van der Waals surface area contributed by atoms with E-state index in [0.717, 1.165) is 11.3 Å². The lowest BCUT2D eigenvalue weighted by Gasteiger charge is -2.14. The first kappa shape index (κ1) is 17.6. The average molecular weight is 351 g/mol. The molecule has 8 heteroatoms. The molecule has 0 unspecified atom stereocenters. The van der Waals surface area contributed by atoms with Crippen LogP contribution < -0.4 is 19.5 Å². The molecule has 0 aliphatic heterocycles. The molecule has 0 saturated carbocycles. The summed E-state index contributed by atoms with van der Waals surface area (Å²) < 4.78 is 15.7. The maximum atomic E-state index is 12.1. The summed E-state index contributed by atoms with van der Waals surface area (Å²) in [4.78, 5) is 23.4. The van der Waals surface area contributed by atoms with Gasteiger partial charge in [-0.15, -0.1) is 11.3 Å². The van der Waals surface area contributed by atoms with Gasteiger partial charge in [0, 0.05) is 18.2 Å². The Balaban J connectivity index is 2.15. The van der Waals surface area contributed by atoms with Crippen LogP contribution in [0.2, 0.25) is 0 Å². The van der Waals surface area contributed by atoms with E-state index in [-0.39, 0.29) is 17.3 Å². The van der Waals surface area contributed by atoms with E-state index in [1.165, 1.54) is 33.5 Å². The van der Waals surface area contributed by atoms with Gasteiger partial charge in [-0.1, -0.05) is 0 Å². The number of carbonyl (C=O) groups is 2. The Morgan fingerprint density at radius 3 is 2.12 bits per heavy atom. The number of carbonyl (C=O) groups excluding carboxylic acids is 1. The van der Waals surface area contributed by atoms with Gasteiger partial charge in [-0.2, -0.15) is 0 Å². The number of rotatable bonds is 7. The van der Waals surface area contributed by atoms with E-state index in [2.05, 4.69) is 5.32 Å². The highest BCUT2D eigenvalue weighted by atomic mass is 32.1. The molecule has 0 aliphatic rings. The van der Waals surface area contributed by atoms with Gasteiger partial charge in [0.2, 0.25) is 0 Å². The number of hydrogen-bond acceptors (Lipinski definition) is 6. The molecule has 0 spiro atoms. The average Bonchev–Trinajstić information content (AvgIpc) is 3.09. The van der Waals surface area contributed by atoms with Gasteiger partial charge in [-0.3, -0.25) is 4.79 Å². The molecule has 1 amide bonds. The number of aromatic carboxylic acids is 1. The zero-order valence-corrected chi connectivity index (χ0v) is 14.2. The normalized spacial score (nSPS) is 10.1. The maximum Gasteiger partial charge on any atom is 0.345 e. The fourth-order valence-corrected chi connectivity index (χ4v) is 2.83. The second-order valence-corrected chi connectivity index (χ2v) is 5.75. The van der Waals surface area contributed by atoms with Gasteiger partial charge < -0.3 is 24.6 Å². The monoisotopic (exact) mass is 351 g/mol. The van der Waals surface area contributed by atoms with Gasteiger partial charge in [0.15, 0.2) is 11.5 Å². The summed E-state index contributed by atoms with van der Waals surface area (Å²) in [6, 6.07) is 6.28. The third-order valence-corrected chi connectivity index (χ3v) is 4.34. The van der Waals surface area contributed by atoms with Crippen LogP contribution in [0.15, 0.2) is 24.3 Å². The summed E-state index contributed by atoms with van der Waals surface area (Å²) in [6.07, 6.45) is 0. The van der Waals surface area contributed by atoms with E-state index >= 15 is 0 Å². The van der Waals surface area contributed by atoms with Crippen LogP contribution in [0.5, 0.6) is 17.2 Å². The van der Waals surface area contributed by atoms with Crippen molar-refractivity contribution in [3.8, 4) is 17.2 Å². The first-order chi connectivity index (χ1) is 11.5. The smallest absolute Gasteiger partial charge is 0.345 e. The zero-order valence-electron chi connectivity index (χ0n) is 13.4. The minimum Gasteiger partial charge on any atom is -0.496 e. The molecule has 1 aromatic heterocycles. The highest BCUT2D eigenvalue weighted by molar-refractivity contribution is 7.15. The van der Waals surface area contributed by atoms with E-state index in [9.17, 15) is 9.59 Å². The number of hydrogen-bond donors (Lipinski definition) is 2. The third kappa shape index (κ3) is 3.77. The maximum absolute atomic E-state index is 12.1. The van der Waals surface area contributed by atoms with Gasteiger partial charge in [-0.25, -0.2) is 4.79 Å². The van der Waals surface area contributed by atoms with Crippen molar-refractivity contribution in [2.75, 3.05) is 21.3 Å². The fraction of sp³-hybridized carbons (Fsp3) is 0.250. The Labute approximate surface area is 142 Å². The second-order valence-electron chi connectivity index (χ2n) is 4.67. The molecule has 0 saturated heterocycles. The number of carboxylic acids is 1. The van der Waals surface area contributed by atoms with Crippen LogP contribution >= 0.6 is 11.3 Å². The lowest BCUT2D eigenvalue weighted by atomic mass is 10.1. The van der Waals surface area contributed by atoms with Crippen molar-refractivity contribution in [2.45, 2.75) is 6.54 Å². The van der Waals surface area contributed by atoms with Gasteiger partial charge in [0.25, 0.3) is 5.91 Å². The quantitative estimate of drug-likeness (QED) is 0.795. The van der Waals surface area contributed by atoms with Crippen molar-refractivity contribution in [3.63, 3.8) is 0 Å². The predicted octanol–water partition coefficient (Wildman–Crippen LogP) is 2.40. The van der Waals surface area contributed by atoms with Crippen molar-refractivity contribution in [1.82, 2.24) is 5.32 Å². The van der Waals surface area contributed by atoms with Crippen LogP contribution in [-0.2, 0) is 6.54 Å². The van der Waals surface area contributed by atoms with Crippen LogP contribution in [0, 0.1) is 0 Å². The number of carboxylic acid groups (broad SMARTS) is 1. The number of methoxy groups -OCH3 is 3. The van der Waals surface area contributed by atoms with Crippen molar-refractivity contribution in [3.05, 3.63) is 39.6 Å². The summed E-state index contributed by atoms with van der Waals surface area (Å²) in [6.45, 7) is 0.197. The van der Waals surface area contributed by atoms with E-state index < -0.39 is 5.97 Å². The first-order valence-corrected chi connectivity index (χ1v) is 7.72. The van der Waals surface area contributed by atoms with Gasteiger partial charge in [-0.05, 0) is 18.2 Å². The molecule has 0 aliphatic carbocycles. The number of benzene rings is 1. The van der Waals surface area contributed by atoms with Gasteiger partial charge in [0.1, 0.15) is 10.6 Å². The number of thiophene rings is 1. The molecule has 2 N–H and O–H groups in total. The van der Waals surface area contributed by atoms with Crippen LogP contribution in [-0.4, -0.2) is 38.3 Å². The Hall–Kier alpha value is -2.74. The summed E-state index contributed by atoms with van der Waals surface area (Å²) in [5.41, 5.74) is 0.707. The van der Waals surface area contributed by atoms with Crippen molar-refractivity contribution in [2.24, 2.45) is 0 Å². The summed E-state index contributed by atoms with van der Waals surface area (Å²) in [5.74, 6) is 0.177. The summed E-state index contributed by atoms with van der Waals surface area (Å²) >= 11 is 0.920. The first-order valence-electron chi connectivity index (χ1n) is 6.90. The molecule has 1 heterocycles. The van der Waals surface area contributed by atoms with Crippen LogP contribution in [0.4, 0.5) is 0 Å². The number of amides is 1. The zero-order chi connectivity index (χ0) is 17.7. The largest absolute Gasteiger partial charge is 0.496 e. The minimum atomic E-state index is -1.05. The molecular formula is C16H17NO6S. The summed E-state index contributed by atoms with van der Waals surface area (Å²) in [7, 11) is 4.56. The van der Waals surface area contributed by atoms with Gasteiger partial charge in [0.05, 0.1) is 26.2 Å². The molecule has 0 atom stereocenters. The SMILES string of the molecule is COc1cc(OC)c(OC)cc1CNC(=O)c1ccc(C(=O)O)s1. The molecule has 1 aromatic carbocycles. The lowest BCUT2D eigenvalue weighted by molar-refractivity contribution is 0.0702. The fourth-order valence-electron chi connectivity index (χ4n) is 2.07. The van der Waals surface area contributed by atoms with E-state index in [1.54, 1.807) is 12.1 Å².